The predicted molar refractivity (Wildman–Crippen MR) is 48.1 cm³/mol. The predicted octanol–water partition coefficient (Wildman–Crippen LogP) is 1.53. The number of nitrogens with one attached hydrogen (secondary N) is 1. The van der Waals surface area contributed by atoms with Gasteiger partial charge in [0, 0.05) is 7.05 Å². The highest BCUT2D eigenvalue weighted by Gasteiger charge is 2.54. The first-order valence-corrected chi connectivity index (χ1v) is 4.95. The van der Waals surface area contributed by atoms with Gasteiger partial charge in [-0.3, -0.25) is 4.79 Å². The Morgan fingerprint density at radius 2 is 2.33 bits per heavy atom. The van der Waals surface area contributed by atoms with Gasteiger partial charge in [0.05, 0.1) is 0 Å². The fourth-order valence-corrected chi connectivity index (χ4v) is 3.26. The number of hydrogen-bond donors (Lipinski definition) is 1. The Kier molecular flexibility index (Phi) is 1.83. The number of carbonyl (C=O) groups is 1. The highest BCUT2D eigenvalue weighted by Crippen LogP contribution is 2.54. The molecule has 3 atom stereocenters. The molecule has 2 aliphatic carbocycles. The van der Waals surface area contributed by atoms with Crippen LogP contribution in [0.4, 0.5) is 0 Å². The van der Waals surface area contributed by atoms with Gasteiger partial charge < -0.3 is 5.32 Å². The van der Waals surface area contributed by atoms with E-state index in [1.54, 1.807) is 7.05 Å². The zero-order valence-electron chi connectivity index (χ0n) is 7.27. The molecule has 0 aromatic carbocycles. The number of alkyl halides is 1. The fraction of sp³-hybridized carbons (Fsp3) is 0.889. The third-order valence-corrected chi connectivity index (χ3v) is 4.01. The number of carbonyl (C=O) groups excluding carboxylic acids is 1. The summed E-state index contributed by atoms with van der Waals surface area (Å²) in [5, 5.41) is 2.66. The van der Waals surface area contributed by atoms with Crippen LogP contribution < -0.4 is 5.32 Å². The molecule has 0 saturated heterocycles. The van der Waals surface area contributed by atoms with Gasteiger partial charge in [0.25, 0.3) is 0 Å². The van der Waals surface area contributed by atoms with Crippen LogP contribution in [-0.4, -0.2) is 17.8 Å². The zero-order chi connectivity index (χ0) is 8.77. The summed E-state index contributed by atoms with van der Waals surface area (Å²) in [5.74, 6) is 1.17. The first-order chi connectivity index (χ1) is 5.66. The molecule has 2 saturated carbocycles. The Bertz CT molecular complexity index is 219. The van der Waals surface area contributed by atoms with Crippen LogP contribution in [0.1, 0.15) is 25.7 Å². The molecule has 0 spiro atoms. The van der Waals surface area contributed by atoms with Gasteiger partial charge >= 0.3 is 0 Å². The van der Waals surface area contributed by atoms with Crippen molar-refractivity contribution in [1.82, 2.24) is 5.32 Å². The number of fused-ring (bicyclic) bond motifs is 2. The molecule has 68 valence electrons. The maximum atomic E-state index is 11.5. The smallest absolute Gasteiger partial charge is 0.241 e. The van der Waals surface area contributed by atoms with Gasteiger partial charge in [-0.2, -0.15) is 0 Å². The molecule has 0 aromatic heterocycles. The van der Waals surface area contributed by atoms with E-state index >= 15 is 0 Å². The average Bonchev–Trinajstić information content (AvgIpc) is 2.62. The minimum atomic E-state index is -0.558. The molecular formula is C9H14ClNO. The Labute approximate surface area is 77.7 Å². The Hall–Kier alpha value is -0.240. The standard InChI is InChI=1S/C9H14ClNO/c1-11-8(12)9(10)5-6-2-3-7(9)4-6/h6-7H,2-5H2,1H3,(H,11,12). The van der Waals surface area contributed by atoms with E-state index in [0.29, 0.717) is 11.8 Å². The molecule has 2 rings (SSSR count). The third kappa shape index (κ3) is 0.972. The van der Waals surface area contributed by atoms with E-state index in [0.717, 1.165) is 19.3 Å². The van der Waals surface area contributed by atoms with E-state index in [4.69, 9.17) is 11.6 Å². The molecule has 0 radical (unpaired) electrons. The maximum Gasteiger partial charge on any atom is 0.241 e. The van der Waals surface area contributed by atoms with Crippen LogP contribution in [0, 0.1) is 11.8 Å². The van der Waals surface area contributed by atoms with Gasteiger partial charge in [0.1, 0.15) is 4.87 Å². The molecule has 1 amide bonds. The second-order valence-electron chi connectivity index (χ2n) is 4.02. The molecule has 2 bridgehead atoms. The minimum absolute atomic E-state index is 0.0244. The van der Waals surface area contributed by atoms with E-state index < -0.39 is 4.87 Å². The lowest BCUT2D eigenvalue weighted by Crippen LogP contribution is -2.44. The van der Waals surface area contributed by atoms with Gasteiger partial charge in [0.2, 0.25) is 5.91 Å². The van der Waals surface area contributed by atoms with Crippen LogP contribution in [0.25, 0.3) is 0 Å². The molecule has 3 heteroatoms. The summed E-state index contributed by atoms with van der Waals surface area (Å²) >= 11 is 6.31. The van der Waals surface area contributed by atoms with Crippen molar-refractivity contribution < 1.29 is 4.79 Å². The molecular weight excluding hydrogens is 174 g/mol. The summed E-state index contributed by atoms with van der Waals surface area (Å²) in [7, 11) is 1.67. The second kappa shape index (κ2) is 2.63. The van der Waals surface area contributed by atoms with Crippen molar-refractivity contribution in [2.45, 2.75) is 30.6 Å². The van der Waals surface area contributed by atoms with E-state index in [1.165, 1.54) is 6.42 Å². The van der Waals surface area contributed by atoms with Crippen molar-refractivity contribution in [2.75, 3.05) is 7.05 Å². The Balaban J connectivity index is 2.17. The SMILES string of the molecule is CNC(=O)C1(Cl)CC2CCC1C2. The average molecular weight is 188 g/mol. The Morgan fingerprint density at radius 1 is 1.58 bits per heavy atom. The monoisotopic (exact) mass is 187 g/mol. The quantitative estimate of drug-likeness (QED) is 0.620. The van der Waals surface area contributed by atoms with Gasteiger partial charge in [-0.25, -0.2) is 0 Å². The van der Waals surface area contributed by atoms with Crippen LogP contribution in [0.3, 0.4) is 0 Å². The van der Waals surface area contributed by atoms with Gasteiger partial charge in [-0.1, -0.05) is 6.42 Å². The molecule has 1 N–H and O–H groups in total. The van der Waals surface area contributed by atoms with Gasteiger partial charge in [-0.15, -0.1) is 11.6 Å². The second-order valence-corrected chi connectivity index (χ2v) is 4.70. The molecule has 2 nitrogen and oxygen atoms in total. The van der Waals surface area contributed by atoms with Crippen molar-refractivity contribution in [3.63, 3.8) is 0 Å². The fourth-order valence-electron chi connectivity index (χ4n) is 2.75. The lowest BCUT2D eigenvalue weighted by molar-refractivity contribution is -0.124. The van der Waals surface area contributed by atoms with Gasteiger partial charge in [0.15, 0.2) is 0 Å². The molecule has 0 heterocycles. The number of halogens is 1. The van der Waals surface area contributed by atoms with E-state index in [-0.39, 0.29) is 5.91 Å². The first-order valence-electron chi connectivity index (χ1n) is 4.58. The van der Waals surface area contributed by atoms with Crippen molar-refractivity contribution in [3.05, 3.63) is 0 Å². The topological polar surface area (TPSA) is 29.1 Å². The van der Waals surface area contributed by atoms with Crippen LogP contribution >= 0.6 is 11.6 Å². The zero-order valence-corrected chi connectivity index (χ0v) is 8.03. The first kappa shape index (κ1) is 8.36. The largest absolute Gasteiger partial charge is 0.358 e. The Morgan fingerprint density at radius 3 is 2.75 bits per heavy atom. The number of amides is 1. The normalized spacial score (nSPS) is 44.8. The van der Waals surface area contributed by atoms with Crippen molar-refractivity contribution in [1.29, 1.82) is 0 Å². The molecule has 2 fully saturated rings. The molecule has 2 aliphatic rings. The molecule has 0 aliphatic heterocycles. The van der Waals surface area contributed by atoms with Crippen LogP contribution in [0.5, 0.6) is 0 Å². The number of hydrogen-bond acceptors (Lipinski definition) is 1. The lowest BCUT2D eigenvalue weighted by atomic mass is 9.87. The summed E-state index contributed by atoms with van der Waals surface area (Å²) < 4.78 is 0. The van der Waals surface area contributed by atoms with Gasteiger partial charge in [-0.05, 0) is 31.1 Å². The van der Waals surface area contributed by atoms with Crippen LogP contribution in [0.2, 0.25) is 0 Å². The van der Waals surface area contributed by atoms with Crippen LogP contribution in [-0.2, 0) is 4.79 Å². The molecule has 12 heavy (non-hydrogen) atoms. The minimum Gasteiger partial charge on any atom is -0.358 e. The van der Waals surface area contributed by atoms with E-state index in [2.05, 4.69) is 5.32 Å². The van der Waals surface area contributed by atoms with Crippen molar-refractivity contribution in [3.8, 4) is 0 Å². The summed E-state index contributed by atoms with van der Waals surface area (Å²) in [6, 6.07) is 0. The molecule has 3 unspecified atom stereocenters. The summed E-state index contributed by atoms with van der Waals surface area (Å²) in [4.78, 5) is 10.9. The molecule has 0 aromatic rings. The summed E-state index contributed by atoms with van der Waals surface area (Å²) in [6.07, 6.45) is 4.47. The summed E-state index contributed by atoms with van der Waals surface area (Å²) in [5.41, 5.74) is 0. The van der Waals surface area contributed by atoms with Crippen molar-refractivity contribution in [2.24, 2.45) is 11.8 Å². The van der Waals surface area contributed by atoms with E-state index in [1.807, 2.05) is 0 Å². The number of rotatable bonds is 1. The third-order valence-electron chi connectivity index (χ3n) is 3.38. The summed E-state index contributed by atoms with van der Waals surface area (Å²) in [6.45, 7) is 0. The maximum absolute atomic E-state index is 11.5. The highest BCUT2D eigenvalue weighted by molar-refractivity contribution is 6.35. The highest BCUT2D eigenvalue weighted by atomic mass is 35.5. The van der Waals surface area contributed by atoms with Crippen LogP contribution in [0.15, 0.2) is 0 Å². The van der Waals surface area contributed by atoms with E-state index in [9.17, 15) is 4.79 Å². The van der Waals surface area contributed by atoms with Crippen molar-refractivity contribution >= 4 is 17.5 Å². The lowest BCUT2D eigenvalue weighted by Gasteiger charge is -2.29.